The summed E-state index contributed by atoms with van der Waals surface area (Å²) in [5, 5.41) is 25.1. The van der Waals surface area contributed by atoms with Crippen LogP contribution in [0.3, 0.4) is 0 Å². The van der Waals surface area contributed by atoms with Gasteiger partial charge in [-0.15, -0.1) is 5.10 Å². The highest BCUT2D eigenvalue weighted by atomic mass is 16.4. The van der Waals surface area contributed by atoms with Crippen LogP contribution in [0.2, 0.25) is 0 Å². The van der Waals surface area contributed by atoms with Gasteiger partial charge in [-0.3, -0.25) is 4.79 Å². The van der Waals surface area contributed by atoms with Gasteiger partial charge in [0.1, 0.15) is 11.4 Å². The molecule has 0 aromatic carbocycles. The fourth-order valence-electron chi connectivity index (χ4n) is 5.78. The van der Waals surface area contributed by atoms with Gasteiger partial charge in [0, 0.05) is 32.1 Å². The zero-order valence-electron chi connectivity index (χ0n) is 20.3. The van der Waals surface area contributed by atoms with Gasteiger partial charge in [-0.1, -0.05) is 13.0 Å². The van der Waals surface area contributed by atoms with Crippen LogP contribution in [0, 0.1) is 18.8 Å². The fourth-order valence-corrected chi connectivity index (χ4v) is 5.78. The van der Waals surface area contributed by atoms with Crippen molar-refractivity contribution in [1.82, 2.24) is 24.5 Å². The van der Waals surface area contributed by atoms with E-state index < -0.39 is 11.6 Å². The van der Waals surface area contributed by atoms with Crippen molar-refractivity contribution in [3.8, 4) is 0 Å². The zero-order chi connectivity index (χ0) is 25.2. The van der Waals surface area contributed by atoms with E-state index in [4.69, 9.17) is 0 Å². The number of pyridine rings is 2. The summed E-state index contributed by atoms with van der Waals surface area (Å²) in [5.74, 6) is -0.280. The number of hydrogen-bond donors (Lipinski definition) is 2. The highest BCUT2D eigenvalue weighted by molar-refractivity contribution is 5.91. The van der Waals surface area contributed by atoms with Crippen molar-refractivity contribution in [2.75, 3.05) is 49.1 Å². The molecule has 0 bridgehead atoms. The Bertz CT molecular complexity index is 1370. The van der Waals surface area contributed by atoms with Crippen LogP contribution in [0.25, 0.3) is 5.65 Å². The molecule has 3 saturated heterocycles. The average molecular weight is 492 g/mol. The summed E-state index contributed by atoms with van der Waals surface area (Å²) < 4.78 is 1.69. The molecule has 3 fully saturated rings. The molecule has 0 spiro atoms. The summed E-state index contributed by atoms with van der Waals surface area (Å²) in [4.78, 5) is 39.2. The van der Waals surface area contributed by atoms with E-state index >= 15 is 0 Å². The lowest BCUT2D eigenvalue weighted by Crippen LogP contribution is -2.42. The number of amides is 1. The van der Waals surface area contributed by atoms with Crippen LogP contribution >= 0.6 is 0 Å². The molecule has 2 N–H and O–H groups in total. The quantitative estimate of drug-likeness (QED) is 0.555. The van der Waals surface area contributed by atoms with Crippen LogP contribution in [0.15, 0.2) is 30.5 Å². The number of carboxylic acids is 1. The molecule has 3 aliphatic heterocycles. The highest BCUT2D eigenvalue weighted by Crippen LogP contribution is 2.37. The van der Waals surface area contributed by atoms with Gasteiger partial charge in [0.05, 0.1) is 25.0 Å². The number of carbonyl (C=O) groups excluding carboxylic acids is 1. The summed E-state index contributed by atoms with van der Waals surface area (Å²) in [5.41, 5.74) is 1.55. The van der Waals surface area contributed by atoms with Crippen LogP contribution < -0.4 is 9.80 Å². The van der Waals surface area contributed by atoms with E-state index in [1.165, 1.54) is 6.07 Å². The van der Waals surface area contributed by atoms with Gasteiger partial charge < -0.3 is 24.9 Å². The molecule has 3 atom stereocenters. The van der Waals surface area contributed by atoms with Gasteiger partial charge in [-0.2, -0.15) is 0 Å². The summed E-state index contributed by atoms with van der Waals surface area (Å²) in [7, 11) is 0. The molecule has 0 radical (unpaired) electrons. The predicted molar refractivity (Wildman–Crippen MR) is 131 cm³/mol. The normalized spacial score (nSPS) is 25.7. The number of aryl methyl sites for hydroxylation is 1. The Balaban J connectivity index is 1.19. The van der Waals surface area contributed by atoms with Crippen LogP contribution in [0.5, 0.6) is 0 Å². The number of aromatic nitrogens is 4. The third-order valence-corrected chi connectivity index (χ3v) is 7.72. The molecule has 11 heteroatoms. The van der Waals surface area contributed by atoms with Gasteiger partial charge >= 0.3 is 5.97 Å². The third kappa shape index (κ3) is 3.74. The van der Waals surface area contributed by atoms with Crippen molar-refractivity contribution in [3.63, 3.8) is 0 Å². The molecule has 36 heavy (non-hydrogen) atoms. The topological polar surface area (TPSA) is 127 Å². The number of rotatable bonds is 4. The van der Waals surface area contributed by atoms with Crippen molar-refractivity contribution in [2.45, 2.75) is 25.9 Å². The molecule has 3 unspecified atom stereocenters. The summed E-state index contributed by atoms with van der Waals surface area (Å²) in [6.07, 6.45) is 3.10. The van der Waals surface area contributed by atoms with Crippen LogP contribution in [-0.2, 0) is 0 Å². The van der Waals surface area contributed by atoms with Crippen LogP contribution in [-0.4, -0.2) is 91.4 Å². The predicted octanol–water partition coefficient (Wildman–Crippen LogP) is 1.30. The highest BCUT2D eigenvalue weighted by Gasteiger charge is 2.53. The Kier molecular flexibility index (Phi) is 5.15. The molecule has 3 aliphatic rings. The number of nitrogens with zero attached hydrogens (tertiary/aromatic N) is 7. The smallest absolute Gasteiger partial charge is 0.354 e. The van der Waals surface area contributed by atoms with E-state index in [1.54, 1.807) is 21.5 Å². The molecule has 6 heterocycles. The maximum atomic E-state index is 13.3. The lowest BCUT2D eigenvalue weighted by Gasteiger charge is -2.24. The van der Waals surface area contributed by atoms with Gasteiger partial charge in [0.2, 0.25) is 5.82 Å². The average Bonchev–Trinajstić information content (AvgIpc) is 3.60. The van der Waals surface area contributed by atoms with E-state index in [9.17, 15) is 19.8 Å². The number of aromatic carboxylic acids is 1. The standard InChI is InChI=1S/C25H29N7O4/c1-15-6-7-29(9-15)18-8-16(2)22-27-21(28-32(22)12-18)23(33)31-11-17-10-30(13-25(17,36)14-31)20-5-3-4-19(26-20)24(34)35/h3-5,8,12,15,17,36H,6-7,9-11,13-14H2,1-2H3,(H,34,35). The van der Waals surface area contributed by atoms with Gasteiger partial charge in [0.25, 0.3) is 5.91 Å². The number of likely N-dealkylation sites (tertiary alicyclic amines) is 1. The Morgan fingerprint density at radius 3 is 2.67 bits per heavy atom. The van der Waals surface area contributed by atoms with E-state index in [0.717, 1.165) is 30.8 Å². The second-order valence-electron chi connectivity index (χ2n) is 10.5. The molecule has 0 saturated carbocycles. The molecule has 0 aliphatic carbocycles. The SMILES string of the molecule is Cc1cc(N2CCC(C)C2)cn2nc(C(=O)N3CC4CN(c5cccc(C(=O)O)n5)CC4(O)C3)nc12. The van der Waals surface area contributed by atoms with Gasteiger partial charge in [-0.25, -0.2) is 19.3 Å². The number of β-amino-alcohol motifs (C(OH)–C–C–N with tert-alkyl or cyclic N) is 1. The first-order chi connectivity index (χ1) is 17.2. The Morgan fingerprint density at radius 2 is 1.94 bits per heavy atom. The van der Waals surface area contributed by atoms with E-state index in [1.807, 2.05) is 18.0 Å². The summed E-state index contributed by atoms with van der Waals surface area (Å²) in [6.45, 7) is 7.53. The largest absolute Gasteiger partial charge is 0.477 e. The molecular formula is C25H29N7O4. The number of carboxylic acid groups (broad SMARTS) is 1. The van der Waals surface area contributed by atoms with Gasteiger partial charge in [0.15, 0.2) is 11.3 Å². The third-order valence-electron chi connectivity index (χ3n) is 7.72. The Labute approximate surface area is 208 Å². The molecule has 188 valence electrons. The lowest BCUT2D eigenvalue weighted by atomic mass is 9.95. The second kappa shape index (κ2) is 8.16. The lowest BCUT2D eigenvalue weighted by molar-refractivity contribution is 0.0424. The zero-order valence-corrected chi connectivity index (χ0v) is 20.3. The summed E-state index contributed by atoms with van der Waals surface area (Å²) in [6, 6.07) is 6.92. The van der Waals surface area contributed by atoms with Crippen molar-refractivity contribution >= 4 is 29.0 Å². The number of fused-ring (bicyclic) bond motifs is 2. The molecule has 11 nitrogen and oxygen atoms in total. The first-order valence-corrected chi connectivity index (χ1v) is 12.3. The number of aliphatic hydroxyl groups is 1. The number of carbonyl (C=O) groups is 2. The van der Waals surface area contributed by atoms with Gasteiger partial charge in [-0.05, 0) is 43.0 Å². The maximum absolute atomic E-state index is 13.3. The minimum atomic E-state index is -1.11. The van der Waals surface area contributed by atoms with Crippen LogP contribution in [0.4, 0.5) is 11.5 Å². The molecule has 3 aromatic heterocycles. The molecular weight excluding hydrogens is 462 g/mol. The second-order valence-corrected chi connectivity index (χ2v) is 10.5. The first-order valence-electron chi connectivity index (χ1n) is 12.3. The first kappa shape index (κ1) is 22.7. The van der Waals surface area contributed by atoms with Crippen molar-refractivity contribution in [1.29, 1.82) is 0 Å². The maximum Gasteiger partial charge on any atom is 0.354 e. The number of anilines is 2. The Morgan fingerprint density at radius 1 is 1.11 bits per heavy atom. The molecule has 6 rings (SSSR count). The monoisotopic (exact) mass is 491 g/mol. The minimum absolute atomic E-state index is 0.0380. The van der Waals surface area contributed by atoms with Crippen molar-refractivity contribution < 1.29 is 19.8 Å². The van der Waals surface area contributed by atoms with E-state index in [0.29, 0.717) is 30.5 Å². The van der Waals surface area contributed by atoms with Crippen LogP contribution in [0.1, 0.15) is 40.0 Å². The molecule has 3 aromatic rings. The number of hydrogen-bond acceptors (Lipinski definition) is 8. The van der Waals surface area contributed by atoms with E-state index in [2.05, 4.69) is 33.0 Å². The van der Waals surface area contributed by atoms with Crippen molar-refractivity contribution in [2.24, 2.45) is 11.8 Å². The molecule has 1 amide bonds. The summed E-state index contributed by atoms with van der Waals surface area (Å²) >= 11 is 0. The van der Waals surface area contributed by atoms with E-state index in [-0.39, 0.29) is 36.4 Å². The van der Waals surface area contributed by atoms with Crippen molar-refractivity contribution in [3.05, 3.63) is 47.5 Å². The minimum Gasteiger partial charge on any atom is -0.477 e. The Hall–Kier alpha value is -3.73. The fraction of sp³-hybridized carbons (Fsp3) is 0.480.